The molecule has 0 aliphatic rings. The number of carbonyl (C=O) groups is 1. The van der Waals surface area contributed by atoms with Crippen LogP contribution < -0.4 is 0 Å². The highest BCUT2D eigenvalue weighted by Crippen LogP contribution is 2.25. The molecule has 26 heavy (non-hydrogen) atoms. The molecule has 128 valence electrons. The van der Waals surface area contributed by atoms with E-state index in [4.69, 9.17) is 4.74 Å². The molecular formula is C22H18N2O2. The van der Waals surface area contributed by atoms with Crippen molar-refractivity contribution in [3.63, 3.8) is 0 Å². The van der Waals surface area contributed by atoms with Crippen LogP contribution in [0.3, 0.4) is 0 Å². The van der Waals surface area contributed by atoms with E-state index in [-0.39, 0.29) is 5.97 Å². The average molecular weight is 342 g/mol. The van der Waals surface area contributed by atoms with E-state index in [0.29, 0.717) is 12.2 Å². The molecule has 0 saturated heterocycles. The molecule has 0 aliphatic heterocycles. The molecule has 0 unspecified atom stereocenters. The van der Waals surface area contributed by atoms with Crippen molar-refractivity contribution in [3.8, 4) is 22.4 Å². The molecule has 0 amide bonds. The first kappa shape index (κ1) is 16.1. The van der Waals surface area contributed by atoms with Gasteiger partial charge < -0.3 is 4.74 Å². The zero-order valence-electron chi connectivity index (χ0n) is 14.4. The van der Waals surface area contributed by atoms with Gasteiger partial charge >= 0.3 is 5.97 Å². The van der Waals surface area contributed by atoms with Gasteiger partial charge in [0.25, 0.3) is 0 Å². The lowest BCUT2D eigenvalue weighted by Gasteiger charge is -2.02. The highest BCUT2D eigenvalue weighted by atomic mass is 16.5. The number of hydrogen-bond acceptors (Lipinski definition) is 3. The fraction of sp³-hybridized carbons (Fsp3) is 0.0909. The molecule has 0 atom stereocenters. The summed E-state index contributed by atoms with van der Waals surface area (Å²) in [6, 6.07) is 24.1. The molecule has 0 fully saturated rings. The molecule has 4 rings (SSSR count). The summed E-state index contributed by atoms with van der Waals surface area (Å²) in [6.45, 7) is 2.16. The molecule has 0 N–H and O–H groups in total. The molecule has 0 spiro atoms. The number of rotatable bonds is 4. The van der Waals surface area contributed by atoms with Crippen LogP contribution in [0.5, 0.6) is 0 Å². The number of pyridine rings is 1. The quantitative estimate of drug-likeness (QED) is 0.498. The topological polar surface area (TPSA) is 43.6 Å². The Morgan fingerprint density at radius 2 is 1.62 bits per heavy atom. The van der Waals surface area contributed by atoms with Gasteiger partial charge in [-0.15, -0.1) is 0 Å². The predicted molar refractivity (Wildman–Crippen MR) is 102 cm³/mol. The van der Waals surface area contributed by atoms with Crippen molar-refractivity contribution >= 4 is 11.5 Å². The minimum Gasteiger partial charge on any atom is -0.462 e. The summed E-state index contributed by atoms with van der Waals surface area (Å²) >= 11 is 0. The standard InChI is InChI=1S/C22H18N2O2/c1-2-26-22(25)19-12-13-24-20(14-19)15-21(23-24)18-10-8-17(9-11-18)16-6-4-3-5-7-16/h3-15H,2H2,1H3. The molecule has 0 radical (unpaired) electrons. The van der Waals surface area contributed by atoms with Gasteiger partial charge in [0.05, 0.1) is 23.4 Å². The van der Waals surface area contributed by atoms with Gasteiger partial charge in [-0.3, -0.25) is 0 Å². The van der Waals surface area contributed by atoms with Crippen LogP contribution in [0.2, 0.25) is 0 Å². The van der Waals surface area contributed by atoms with E-state index in [0.717, 1.165) is 16.8 Å². The van der Waals surface area contributed by atoms with E-state index < -0.39 is 0 Å². The summed E-state index contributed by atoms with van der Waals surface area (Å²) in [5, 5.41) is 4.60. The maximum absolute atomic E-state index is 11.9. The second-order valence-electron chi connectivity index (χ2n) is 5.98. The summed E-state index contributed by atoms with van der Waals surface area (Å²) in [5.74, 6) is -0.315. The van der Waals surface area contributed by atoms with Gasteiger partial charge in [-0.05, 0) is 36.2 Å². The molecule has 2 aromatic heterocycles. The Labute approximate surface area is 151 Å². The van der Waals surface area contributed by atoms with E-state index in [1.807, 2.05) is 24.3 Å². The summed E-state index contributed by atoms with van der Waals surface area (Å²) in [5.41, 5.74) is 5.65. The third kappa shape index (κ3) is 3.09. The smallest absolute Gasteiger partial charge is 0.338 e. The third-order valence-corrected chi connectivity index (χ3v) is 4.26. The van der Waals surface area contributed by atoms with Crippen molar-refractivity contribution in [2.75, 3.05) is 6.61 Å². The zero-order valence-corrected chi connectivity index (χ0v) is 14.4. The summed E-state index contributed by atoms with van der Waals surface area (Å²) in [6.07, 6.45) is 1.78. The van der Waals surface area contributed by atoms with Crippen LogP contribution in [0.4, 0.5) is 0 Å². The highest BCUT2D eigenvalue weighted by molar-refractivity contribution is 5.91. The molecule has 4 aromatic rings. The van der Waals surface area contributed by atoms with Crippen LogP contribution in [-0.4, -0.2) is 22.2 Å². The Bertz CT molecular complexity index is 1050. The van der Waals surface area contributed by atoms with Gasteiger partial charge in [0.1, 0.15) is 0 Å². The Kier molecular flexibility index (Phi) is 4.23. The first-order chi connectivity index (χ1) is 12.7. The lowest BCUT2D eigenvalue weighted by molar-refractivity contribution is 0.0526. The minimum atomic E-state index is -0.315. The fourth-order valence-electron chi connectivity index (χ4n) is 2.94. The molecule has 2 heterocycles. The SMILES string of the molecule is CCOC(=O)c1ccn2nc(-c3ccc(-c4ccccc4)cc3)cc2c1. The number of ether oxygens (including phenoxy) is 1. The van der Waals surface area contributed by atoms with Crippen LogP contribution in [0.25, 0.3) is 27.9 Å². The van der Waals surface area contributed by atoms with Crippen molar-refractivity contribution in [3.05, 3.63) is 84.6 Å². The maximum Gasteiger partial charge on any atom is 0.338 e. The predicted octanol–water partition coefficient (Wildman–Crippen LogP) is 4.85. The van der Waals surface area contributed by atoms with E-state index in [1.54, 1.807) is 29.8 Å². The number of carbonyl (C=O) groups excluding carboxylic acids is 1. The van der Waals surface area contributed by atoms with E-state index in [1.165, 1.54) is 11.1 Å². The average Bonchev–Trinajstić information content (AvgIpc) is 3.12. The van der Waals surface area contributed by atoms with E-state index >= 15 is 0 Å². The Hall–Kier alpha value is -3.40. The van der Waals surface area contributed by atoms with Crippen LogP contribution in [0.1, 0.15) is 17.3 Å². The molecule has 4 nitrogen and oxygen atoms in total. The third-order valence-electron chi connectivity index (χ3n) is 4.26. The van der Waals surface area contributed by atoms with Crippen LogP contribution >= 0.6 is 0 Å². The number of esters is 1. The second kappa shape index (κ2) is 6.84. The maximum atomic E-state index is 11.9. The van der Waals surface area contributed by atoms with Gasteiger partial charge in [0.15, 0.2) is 0 Å². The Balaban J connectivity index is 1.65. The number of hydrogen-bond donors (Lipinski definition) is 0. The van der Waals surface area contributed by atoms with Crippen LogP contribution in [0.15, 0.2) is 79.0 Å². The summed E-state index contributed by atoms with van der Waals surface area (Å²) in [7, 11) is 0. The van der Waals surface area contributed by atoms with Crippen molar-refractivity contribution in [2.24, 2.45) is 0 Å². The molecular weight excluding hydrogens is 324 g/mol. The van der Waals surface area contributed by atoms with E-state index in [9.17, 15) is 4.79 Å². The Morgan fingerprint density at radius 3 is 2.35 bits per heavy atom. The highest BCUT2D eigenvalue weighted by Gasteiger charge is 2.10. The first-order valence-electron chi connectivity index (χ1n) is 8.57. The number of fused-ring (bicyclic) bond motifs is 1. The fourth-order valence-corrected chi connectivity index (χ4v) is 2.94. The van der Waals surface area contributed by atoms with Gasteiger partial charge in [-0.2, -0.15) is 5.10 Å². The minimum absolute atomic E-state index is 0.315. The zero-order chi connectivity index (χ0) is 17.9. The molecule has 0 bridgehead atoms. The van der Waals surface area contributed by atoms with E-state index in [2.05, 4.69) is 41.5 Å². The normalized spacial score (nSPS) is 10.8. The summed E-state index contributed by atoms with van der Waals surface area (Å²) in [4.78, 5) is 11.9. The largest absolute Gasteiger partial charge is 0.462 e. The molecule has 2 aromatic carbocycles. The van der Waals surface area contributed by atoms with Crippen molar-refractivity contribution in [2.45, 2.75) is 6.92 Å². The number of nitrogens with zero attached hydrogens (tertiary/aromatic N) is 2. The number of aromatic nitrogens is 2. The Morgan fingerprint density at radius 1 is 0.923 bits per heavy atom. The number of benzene rings is 2. The van der Waals surface area contributed by atoms with Crippen LogP contribution in [-0.2, 0) is 4.74 Å². The van der Waals surface area contributed by atoms with Gasteiger partial charge in [-0.1, -0.05) is 54.6 Å². The molecule has 4 heteroatoms. The van der Waals surface area contributed by atoms with Crippen molar-refractivity contribution in [1.29, 1.82) is 0 Å². The first-order valence-corrected chi connectivity index (χ1v) is 8.57. The molecule has 0 saturated carbocycles. The lowest BCUT2D eigenvalue weighted by Crippen LogP contribution is -2.05. The monoisotopic (exact) mass is 342 g/mol. The van der Waals surface area contributed by atoms with Gasteiger partial charge in [-0.25, -0.2) is 9.31 Å². The second-order valence-corrected chi connectivity index (χ2v) is 5.98. The van der Waals surface area contributed by atoms with Gasteiger partial charge in [0, 0.05) is 11.8 Å². The van der Waals surface area contributed by atoms with Gasteiger partial charge in [0.2, 0.25) is 0 Å². The van der Waals surface area contributed by atoms with Crippen LogP contribution in [0, 0.1) is 0 Å². The van der Waals surface area contributed by atoms with Crippen molar-refractivity contribution < 1.29 is 9.53 Å². The molecule has 0 aliphatic carbocycles. The summed E-state index contributed by atoms with van der Waals surface area (Å²) < 4.78 is 6.82. The van der Waals surface area contributed by atoms with Crippen molar-refractivity contribution in [1.82, 2.24) is 9.61 Å². The lowest BCUT2D eigenvalue weighted by atomic mass is 10.0.